The first-order valence-electron chi connectivity index (χ1n) is 7.53. The van der Waals surface area contributed by atoms with Crippen molar-refractivity contribution < 1.29 is 4.74 Å². The lowest BCUT2D eigenvalue weighted by molar-refractivity contribution is 0.291. The van der Waals surface area contributed by atoms with Crippen LogP contribution in [0.3, 0.4) is 0 Å². The first kappa shape index (κ1) is 14.2. The summed E-state index contributed by atoms with van der Waals surface area (Å²) in [5, 5.41) is 3.22. The molecular formula is C19H23NO. The van der Waals surface area contributed by atoms with Gasteiger partial charge in [-0.3, -0.25) is 0 Å². The van der Waals surface area contributed by atoms with Crippen molar-refractivity contribution in [3.05, 3.63) is 53.1 Å². The van der Waals surface area contributed by atoms with E-state index in [-0.39, 0.29) is 5.41 Å². The third-order valence-electron chi connectivity index (χ3n) is 4.29. The Morgan fingerprint density at radius 3 is 2.71 bits per heavy atom. The smallest absolute Gasteiger partial charge is 0.123 e. The molecule has 0 radical (unpaired) electrons. The van der Waals surface area contributed by atoms with E-state index in [0.717, 1.165) is 18.9 Å². The van der Waals surface area contributed by atoms with Gasteiger partial charge in [0.25, 0.3) is 0 Å². The lowest BCUT2D eigenvalue weighted by Gasteiger charge is -2.17. The molecule has 1 aliphatic rings. The van der Waals surface area contributed by atoms with E-state index in [4.69, 9.17) is 4.74 Å². The van der Waals surface area contributed by atoms with Crippen molar-refractivity contribution in [2.45, 2.75) is 32.7 Å². The molecule has 2 aromatic rings. The summed E-state index contributed by atoms with van der Waals surface area (Å²) in [6, 6.07) is 13.3. The van der Waals surface area contributed by atoms with E-state index in [2.05, 4.69) is 62.5 Å². The Kier molecular flexibility index (Phi) is 3.50. The van der Waals surface area contributed by atoms with Crippen LogP contribution in [0.4, 0.5) is 0 Å². The Hall–Kier alpha value is -1.80. The fourth-order valence-corrected chi connectivity index (χ4v) is 2.98. The molecule has 2 nitrogen and oxygen atoms in total. The molecule has 1 heterocycles. The highest BCUT2D eigenvalue weighted by Crippen LogP contribution is 2.41. The minimum absolute atomic E-state index is 0.0990. The monoisotopic (exact) mass is 281 g/mol. The molecule has 1 aliphatic heterocycles. The molecule has 0 atom stereocenters. The van der Waals surface area contributed by atoms with E-state index in [1.165, 1.54) is 27.8 Å². The molecule has 0 unspecified atom stereocenters. The fourth-order valence-electron chi connectivity index (χ4n) is 2.98. The zero-order chi connectivity index (χ0) is 15.0. The molecule has 0 aliphatic carbocycles. The number of aryl methyl sites for hydroxylation is 1. The van der Waals surface area contributed by atoms with Gasteiger partial charge in [-0.2, -0.15) is 0 Å². The van der Waals surface area contributed by atoms with Gasteiger partial charge in [0.2, 0.25) is 0 Å². The molecule has 1 N–H and O–H groups in total. The molecule has 0 saturated heterocycles. The number of fused-ring (bicyclic) bond motifs is 1. The summed E-state index contributed by atoms with van der Waals surface area (Å²) in [6.45, 7) is 8.32. The van der Waals surface area contributed by atoms with Crippen LogP contribution < -0.4 is 10.1 Å². The van der Waals surface area contributed by atoms with E-state index in [0.29, 0.717) is 0 Å². The zero-order valence-electron chi connectivity index (χ0n) is 13.3. The summed E-state index contributed by atoms with van der Waals surface area (Å²) in [5.41, 5.74) is 6.64. The van der Waals surface area contributed by atoms with Crippen LogP contribution in [0.1, 0.15) is 30.5 Å². The van der Waals surface area contributed by atoms with E-state index in [1.807, 2.05) is 7.05 Å². The van der Waals surface area contributed by atoms with Gasteiger partial charge in [0.15, 0.2) is 0 Å². The number of hydrogen-bond donors (Lipinski definition) is 1. The molecule has 0 amide bonds. The van der Waals surface area contributed by atoms with Crippen LogP contribution in [-0.2, 0) is 12.0 Å². The summed E-state index contributed by atoms with van der Waals surface area (Å²) in [7, 11) is 1.98. The lowest BCUT2D eigenvalue weighted by Crippen LogP contribution is -2.18. The van der Waals surface area contributed by atoms with Crippen LogP contribution in [0.2, 0.25) is 0 Å². The van der Waals surface area contributed by atoms with Crippen molar-refractivity contribution in [1.29, 1.82) is 0 Å². The van der Waals surface area contributed by atoms with Gasteiger partial charge in [-0.05, 0) is 54.4 Å². The van der Waals surface area contributed by atoms with Gasteiger partial charge in [0, 0.05) is 17.5 Å². The van der Waals surface area contributed by atoms with Gasteiger partial charge in [-0.15, -0.1) is 0 Å². The molecule has 0 aromatic heterocycles. The number of nitrogens with one attached hydrogen (secondary N) is 1. The first-order chi connectivity index (χ1) is 10.0. The Balaban J connectivity index is 2.07. The first-order valence-corrected chi connectivity index (χ1v) is 7.53. The van der Waals surface area contributed by atoms with Gasteiger partial charge >= 0.3 is 0 Å². The Morgan fingerprint density at radius 1 is 1.14 bits per heavy atom. The van der Waals surface area contributed by atoms with E-state index >= 15 is 0 Å². The number of ether oxygens (including phenoxy) is 1. The molecule has 3 rings (SSSR count). The third-order valence-corrected chi connectivity index (χ3v) is 4.29. The van der Waals surface area contributed by atoms with Crippen LogP contribution in [0, 0.1) is 6.92 Å². The fraction of sp³-hybridized carbons (Fsp3) is 0.368. The zero-order valence-corrected chi connectivity index (χ0v) is 13.3. The third kappa shape index (κ3) is 2.56. The second-order valence-corrected chi connectivity index (χ2v) is 6.56. The van der Waals surface area contributed by atoms with Gasteiger partial charge in [-0.25, -0.2) is 0 Å². The molecule has 2 aromatic carbocycles. The van der Waals surface area contributed by atoms with E-state index in [9.17, 15) is 0 Å². The van der Waals surface area contributed by atoms with Crippen LogP contribution in [0.5, 0.6) is 5.75 Å². The van der Waals surface area contributed by atoms with E-state index < -0.39 is 0 Å². The van der Waals surface area contributed by atoms with Gasteiger partial charge in [-0.1, -0.05) is 32.0 Å². The molecule has 2 heteroatoms. The Bertz CT molecular complexity index is 673. The van der Waals surface area contributed by atoms with Crippen LogP contribution >= 0.6 is 0 Å². The average molecular weight is 281 g/mol. The predicted octanol–water partition coefficient (Wildman–Crippen LogP) is 4.05. The maximum atomic E-state index is 5.79. The average Bonchev–Trinajstić information content (AvgIpc) is 2.77. The molecule has 110 valence electrons. The summed E-state index contributed by atoms with van der Waals surface area (Å²) in [5.74, 6) is 1.03. The van der Waals surface area contributed by atoms with Gasteiger partial charge in [0.1, 0.15) is 5.75 Å². The number of hydrogen-bond acceptors (Lipinski definition) is 2. The second-order valence-electron chi connectivity index (χ2n) is 6.56. The quantitative estimate of drug-likeness (QED) is 0.916. The second kappa shape index (κ2) is 5.19. The normalized spacial score (nSPS) is 15.6. The summed E-state index contributed by atoms with van der Waals surface area (Å²) in [4.78, 5) is 0. The molecule has 21 heavy (non-hydrogen) atoms. The topological polar surface area (TPSA) is 21.3 Å². The van der Waals surface area contributed by atoms with E-state index in [1.54, 1.807) is 0 Å². The number of benzene rings is 2. The van der Waals surface area contributed by atoms with Crippen molar-refractivity contribution in [3.8, 4) is 16.9 Å². The molecule has 0 saturated carbocycles. The lowest BCUT2D eigenvalue weighted by atomic mass is 9.85. The van der Waals surface area contributed by atoms with Crippen LogP contribution in [-0.4, -0.2) is 13.7 Å². The highest BCUT2D eigenvalue weighted by Gasteiger charge is 2.31. The SMILES string of the molecule is CNCc1ccc(C)c(-c2ccc3c(c2)C(C)(C)CO3)c1. The van der Waals surface area contributed by atoms with Gasteiger partial charge in [0.05, 0.1) is 6.61 Å². The predicted molar refractivity (Wildman–Crippen MR) is 87.9 cm³/mol. The largest absolute Gasteiger partial charge is 0.492 e. The van der Waals surface area contributed by atoms with Crippen molar-refractivity contribution in [1.82, 2.24) is 5.32 Å². The minimum atomic E-state index is 0.0990. The highest BCUT2D eigenvalue weighted by atomic mass is 16.5. The minimum Gasteiger partial charge on any atom is -0.492 e. The van der Waals surface area contributed by atoms with Crippen molar-refractivity contribution >= 4 is 0 Å². The standard InChI is InChI=1S/C19H23NO/c1-13-5-6-14(11-20-4)9-16(13)15-7-8-18-17(10-15)19(2,3)12-21-18/h5-10,20H,11-12H2,1-4H3. The Labute approximate surface area is 127 Å². The van der Waals surface area contributed by atoms with Crippen LogP contribution in [0.15, 0.2) is 36.4 Å². The van der Waals surface area contributed by atoms with Crippen molar-refractivity contribution in [2.75, 3.05) is 13.7 Å². The summed E-state index contributed by atoms with van der Waals surface area (Å²) >= 11 is 0. The maximum absolute atomic E-state index is 5.79. The van der Waals surface area contributed by atoms with Crippen molar-refractivity contribution in [3.63, 3.8) is 0 Å². The molecular weight excluding hydrogens is 258 g/mol. The molecule has 0 spiro atoms. The maximum Gasteiger partial charge on any atom is 0.123 e. The molecule has 0 bridgehead atoms. The van der Waals surface area contributed by atoms with Gasteiger partial charge < -0.3 is 10.1 Å². The van der Waals surface area contributed by atoms with Crippen molar-refractivity contribution in [2.24, 2.45) is 0 Å². The number of rotatable bonds is 3. The molecule has 0 fully saturated rings. The highest BCUT2D eigenvalue weighted by molar-refractivity contribution is 5.70. The van der Waals surface area contributed by atoms with Crippen LogP contribution in [0.25, 0.3) is 11.1 Å². The summed E-state index contributed by atoms with van der Waals surface area (Å²) < 4.78 is 5.79. The summed E-state index contributed by atoms with van der Waals surface area (Å²) in [6.07, 6.45) is 0. The Morgan fingerprint density at radius 2 is 1.95 bits per heavy atom.